The maximum absolute atomic E-state index is 12.2. The third kappa shape index (κ3) is 2.52. The highest BCUT2D eigenvalue weighted by Crippen LogP contribution is 2.36. The van der Waals surface area contributed by atoms with E-state index >= 15 is 0 Å². The van der Waals surface area contributed by atoms with Gasteiger partial charge in [-0.3, -0.25) is 0 Å². The van der Waals surface area contributed by atoms with Crippen molar-refractivity contribution in [2.24, 2.45) is 0 Å². The number of rotatable bonds is 1. The van der Waals surface area contributed by atoms with E-state index in [1.165, 1.54) is 0 Å². The second-order valence-corrected chi connectivity index (χ2v) is 3.50. The van der Waals surface area contributed by atoms with Crippen LogP contribution in [0.5, 0.6) is 0 Å². The molecule has 0 saturated carbocycles. The zero-order chi connectivity index (χ0) is 10.9. The first-order chi connectivity index (χ1) is 6.32. The first-order valence-corrected chi connectivity index (χ1v) is 4.41. The number of hydrogen-bond donors (Lipinski definition) is 0. The summed E-state index contributed by atoms with van der Waals surface area (Å²) in [6, 6.07) is 0.730. The summed E-state index contributed by atoms with van der Waals surface area (Å²) in [5.74, 6) is 0. The molecule has 1 nitrogen and oxygen atoms in total. The first kappa shape index (κ1) is 11.6. The van der Waals surface area contributed by atoms with E-state index in [-0.39, 0.29) is 3.70 Å². The highest BCUT2D eigenvalue weighted by molar-refractivity contribution is 14.1. The van der Waals surface area contributed by atoms with Gasteiger partial charge >= 0.3 is 6.18 Å². The van der Waals surface area contributed by atoms with Gasteiger partial charge in [0.2, 0.25) is 0 Å². The standard InChI is InChI=1S/C7H3F5IN/c8-6(9)3-1-5(13)14-2-4(3)7(10,11)12/h1-2,6H. The van der Waals surface area contributed by atoms with Crippen molar-refractivity contribution in [3.63, 3.8) is 0 Å². The minimum atomic E-state index is -4.79. The Bertz CT molecular complexity index is 335. The molecule has 14 heavy (non-hydrogen) atoms. The highest BCUT2D eigenvalue weighted by atomic mass is 127. The van der Waals surface area contributed by atoms with Gasteiger partial charge in [-0.05, 0) is 28.7 Å². The Kier molecular flexibility index (Phi) is 3.28. The zero-order valence-corrected chi connectivity index (χ0v) is 8.60. The third-order valence-electron chi connectivity index (χ3n) is 1.44. The molecule has 0 N–H and O–H groups in total. The summed E-state index contributed by atoms with van der Waals surface area (Å²) in [6.45, 7) is 0. The van der Waals surface area contributed by atoms with Crippen LogP contribution >= 0.6 is 22.6 Å². The molecule has 0 unspecified atom stereocenters. The number of aromatic nitrogens is 1. The Balaban J connectivity index is 3.29. The fourth-order valence-electron chi connectivity index (χ4n) is 0.861. The minimum absolute atomic E-state index is 0.103. The quantitative estimate of drug-likeness (QED) is 0.437. The molecular weight excluding hydrogens is 320 g/mol. The summed E-state index contributed by atoms with van der Waals surface area (Å²) in [5.41, 5.74) is -2.41. The maximum atomic E-state index is 12.2. The van der Waals surface area contributed by atoms with Crippen LogP contribution in [0, 0.1) is 3.70 Å². The van der Waals surface area contributed by atoms with Gasteiger partial charge in [0.25, 0.3) is 6.43 Å². The summed E-state index contributed by atoms with van der Waals surface area (Å²) in [4.78, 5) is 3.32. The van der Waals surface area contributed by atoms with Crippen LogP contribution < -0.4 is 0 Å². The Morgan fingerprint density at radius 1 is 1.29 bits per heavy atom. The van der Waals surface area contributed by atoms with E-state index in [0.29, 0.717) is 6.20 Å². The average Bonchev–Trinajstić information content (AvgIpc) is 2.01. The minimum Gasteiger partial charge on any atom is -0.250 e. The number of pyridine rings is 1. The lowest BCUT2D eigenvalue weighted by Gasteiger charge is -2.11. The van der Waals surface area contributed by atoms with Crippen molar-refractivity contribution in [3.8, 4) is 0 Å². The van der Waals surface area contributed by atoms with Gasteiger partial charge in [-0.2, -0.15) is 13.2 Å². The molecule has 7 heteroatoms. The van der Waals surface area contributed by atoms with Crippen LogP contribution in [0.25, 0.3) is 0 Å². The van der Waals surface area contributed by atoms with Crippen LogP contribution in [-0.2, 0) is 6.18 Å². The predicted octanol–water partition coefficient (Wildman–Crippen LogP) is 3.64. The Morgan fingerprint density at radius 2 is 1.86 bits per heavy atom. The van der Waals surface area contributed by atoms with Gasteiger partial charge in [0.05, 0.1) is 5.56 Å². The van der Waals surface area contributed by atoms with E-state index < -0.39 is 23.7 Å². The largest absolute Gasteiger partial charge is 0.418 e. The number of halogens is 6. The summed E-state index contributed by atoms with van der Waals surface area (Å²) < 4.78 is 61.0. The molecule has 0 aromatic carbocycles. The second kappa shape index (κ2) is 3.95. The van der Waals surface area contributed by atoms with Gasteiger partial charge in [0.15, 0.2) is 0 Å². The molecule has 0 radical (unpaired) electrons. The molecule has 1 heterocycles. The smallest absolute Gasteiger partial charge is 0.250 e. The zero-order valence-electron chi connectivity index (χ0n) is 6.45. The van der Waals surface area contributed by atoms with E-state index in [2.05, 4.69) is 4.98 Å². The lowest BCUT2D eigenvalue weighted by molar-refractivity contribution is -0.139. The van der Waals surface area contributed by atoms with Crippen LogP contribution in [0.3, 0.4) is 0 Å². The van der Waals surface area contributed by atoms with Crippen molar-refractivity contribution < 1.29 is 22.0 Å². The van der Waals surface area contributed by atoms with E-state index in [0.717, 1.165) is 6.07 Å². The van der Waals surface area contributed by atoms with Crippen molar-refractivity contribution >= 4 is 22.6 Å². The van der Waals surface area contributed by atoms with Gasteiger partial charge in [0, 0.05) is 11.8 Å². The maximum Gasteiger partial charge on any atom is 0.418 e. The van der Waals surface area contributed by atoms with E-state index in [9.17, 15) is 22.0 Å². The molecule has 0 saturated heterocycles. The second-order valence-electron chi connectivity index (χ2n) is 2.39. The van der Waals surface area contributed by atoms with Crippen LogP contribution in [0.1, 0.15) is 17.6 Å². The van der Waals surface area contributed by atoms with Crippen molar-refractivity contribution in [1.29, 1.82) is 0 Å². The predicted molar refractivity (Wildman–Crippen MR) is 46.9 cm³/mol. The first-order valence-electron chi connectivity index (χ1n) is 3.33. The number of alkyl halides is 5. The fraction of sp³-hybridized carbons (Fsp3) is 0.286. The molecule has 78 valence electrons. The summed E-state index contributed by atoms with van der Waals surface area (Å²) in [6.07, 6.45) is -7.52. The summed E-state index contributed by atoms with van der Waals surface area (Å²) in [5, 5.41) is 0. The average molecular weight is 323 g/mol. The highest BCUT2D eigenvalue weighted by Gasteiger charge is 2.36. The normalized spacial score (nSPS) is 12.2. The van der Waals surface area contributed by atoms with Gasteiger partial charge in [-0.15, -0.1) is 0 Å². The number of hydrogen-bond acceptors (Lipinski definition) is 1. The molecule has 0 aliphatic carbocycles. The van der Waals surface area contributed by atoms with Crippen LogP contribution in [0.15, 0.2) is 12.3 Å². The Hall–Kier alpha value is -0.470. The molecule has 0 spiro atoms. The Morgan fingerprint density at radius 3 is 2.29 bits per heavy atom. The molecule has 1 aromatic rings. The van der Waals surface area contributed by atoms with Crippen LogP contribution in [0.4, 0.5) is 22.0 Å². The molecule has 0 fully saturated rings. The molecule has 0 amide bonds. The molecular formula is C7H3F5IN. The molecule has 1 aromatic heterocycles. The molecule has 0 atom stereocenters. The summed E-state index contributed by atoms with van der Waals surface area (Å²) >= 11 is 1.57. The van der Waals surface area contributed by atoms with Crippen LogP contribution in [0.2, 0.25) is 0 Å². The molecule has 1 rings (SSSR count). The SMILES string of the molecule is FC(F)c1cc(I)ncc1C(F)(F)F. The van der Waals surface area contributed by atoms with E-state index in [4.69, 9.17) is 0 Å². The van der Waals surface area contributed by atoms with Crippen molar-refractivity contribution in [2.45, 2.75) is 12.6 Å². The fourth-order valence-corrected chi connectivity index (χ4v) is 1.34. The van der Waals surface area contributed by atoms with Gasteiger partial charge in [-0.25, -0.2) is 13.8 Å². The van der Waals surface area contributed by atoms with E-state index in [1.807, 2.05) is 0 Å². The van der Waals surface area contributed by atoms with Crippen LogP contribution in [-0.4, -0.2) is 4.98 Å². The molecule has 0 aliphatic rings. The molecule has 0 aliphatic heterocycles. The van der Waals surface area contributed by atoms with Crippen molar-refractivity contribution in [1.82, 2.24) is 4.98 Å². The van der Waals surface area contributed by atoms with Crippen molar-refractivity contribution in [2.75, 3.05) is 0 Å². The van der Waals surface area contributed by atoms with Gasteiger partial charge < -0.3 is 0 Å². The van der Waals surface area contributed by atoms with E-state index in [1.54, 1.807) is 22.6 Å². The topological polar surface area (TPSA) is 12.9 Å². The van der Waals surface area contributed by atoms with Gasteiger partial charge in [-0.1, -0.05) is 0 Å². The lowest BCUT2D eigenvalue weighted by Crippen LogP contribution is -2.10. The third-order valence-corrected chi connectivity index (χ3v) is 2.03. The monoisotopic (exact) mass is 323 g/mol. The number of nitrogens with zero attached hydrogens (tertiary/aromatic N) is 1. The van der Waals surface area contributed by atoms with Crippen molar-refractivity contribution in [3.05, 3.63) is 27.1 Å². The molecule has 0 bridgehead atoms. The lowest BCUT2D eigenvalue weighted by atomic mass is 10.1. The van der Waals surface area contributed by atoms with Gasteiger partial charge in [0.1, 0.15) is 3.70 Å². The summed E-state index contributed by atoms with van der Waals surface area (Å²) in [7, 11) is 0. The Labute approximate surface area is 89.5 Å².